The van der Waals surface area contributed by atoms with E-state index in [9.17, 15) is 4.79 Å². The van der Waals surface area contributed by atoms with Crippen molar-refractivity contribution in [2.75, 3.05) is 6.61 Å². The molecule has 1 aromatic heterocycles. The molecule has 1 aliphatic carbocycles. The van der Waals surface area contributed by atoms with E-state index < -0.39 is 5.54 Å². The Morgan fingerprint density at radius 1 is 0.949 bits per heavy atom. The summed E-state index contributed by atoms with van der Waals surface area (Å²) in [7, 11) is 0. The SMILES string of the molecule is CCc1cccc(CC)c1-n1nc2c(c1-c1cccc3c1C=CC3)CN(C(=O)COc1ccccc1)C2(C)C. The maximum Gasteiger partial charge on any atom is 0.261 e. The quantitative estimate of drug-likeness (QED) is 0.268. The number of para-hydroxylation sites is 2. The molecule has 6 rings (SSSR count). The van der Waals surface area contributed by atoms with E-state index in [4.69, 9.17) is 9.84 Å². The van der Waals surface area contributed by atoms with E-state index in [1.54, 1.807) is 0 Å². The molecule has 2 heterocycles. The van der Waals surface area contributed by atoms with Crippen LogP contribution < -0.4 is 4.74 Å². The monoisotopic (exact) mass is 517 g/mol. The molecule has 0 radical (unpaired) electrons. The zero-order valence-corrected chi connectivity index (χ0v) is 23.2. The number of carbonyl (C=O) groups is 1. The first-order valence-electron chi connectivity index (χ1n) is 13.9. The van der Waals surface area contributed by atoms with Gasteiger partial charge in [-0.25, -0.2) is 4.68 Å². The standard InChI is InChI=1S/C34H35N3O2/c1-5-23-13-10-14-24(6-2)31(23)37-32(28-20-12-16-25-15-11-19-27(25)28)29-21-36(34(3,4)33(29)35-37)30(38)22-39-26-17-8-7-9-18-26/h7-14,16-20H,5-6,15,21-22H2,1-4H3. The first-order chi connectivity index (χ1) is 18.9. The van der Waals surface area contributed by atoms with E-state index in [1.807, 2.05) is 35.2 Å². The summed E-state index contributed by atoms with van der Waals surface area (Å²) in [6, 6.07) is 22.6. The van der Waals surface area contributed by atoms with Crippen molar-refractivity contribution in [1.82, 2.24) is 14.7 Å². The summed E-state index contributed by atoms with van der Waals surface area (Å²) in [6.07, 6.45) is 7.25. The van der Waals surface area contributed by atoms with Gasteiger partial charge in [-0.15, -0.1) is 0 Å². The summed E-state index contributed by atoms with van der Waals surface area (Å²) >= 11 is 0. The Morgan fingerprint density at radius 3 is 2.38 bits per heavy atom. The molecule has 198 valence electrons. The van der Waals surface area contributed by atoms with Crippen LogP contribution in [0.2, 0.25) is 0 Å². The molecule has 0 N–H and O–H groups in total. The first-order valence-corrected chi connectivity index (χ1v) is 13.9. The molecular weight excluding hydrogens is 482 g/mol. The van der Waals surface area contributed by atoms with Crippen LogP contribution in [-0.2, 0) is 36.1 Å². The van der Waals surface area contributed by atoms with Gasteiger partial charge >= 0.3 is 0 Å². The zero-order chi connectivity index (χ0) is 27.1. The van der Waals surface area contributed by atoms with Gasteiger partial charge < -0.3 is 9.64 Å². The number of rotatable bonds is 7. The van der Waals surface area contributed by atoms with Crippen molar-refractivity contribution >= 4 is 12.0 Å². The highest BCUT2D eigenvalue weighted by Crippen LogP contribution is 2.46. The van der Waals surface area contributed by atoms with E-state index in [0.717, 1.165) is 36.2 Å². The van der Waals surface area contributed by atoms with Crippen molar-refractivity contribution in [3.8, 4) is 22.7 Å². The number of ether oxygens (including phenoxy) is 1. The van der Waals surface area contributed by atoms with Gasteiger partial charge in [0.25, 0.3) is 5.91 Å². The largest absolute Gasteiger partial charge is 0.484 e. The smallest absolute Gasteiger partial charge is 0.261 e. The Bertz CT molecular complexity index is 1560. The first kappa shape index (κ1) is 25.2. The number of benzene rings is 3. The second-order valence-corrected chi connectivity index (χ2v) is 10.8. The van der Waals surface area contributed by atoms with Crippen molar-refractivity contribution in [2.24, 2.45) is 0 Å². The zero-order valence-electron chi connectivity index (χ0n) is 23.2. The van der Waals surface area contributed by atoms with Crippen LogP contribution in [0.1, 0.15) is 61.2 Å². The average Bonchev–Trinajstić information content (AvgIpc) is 3.65. The second kappa shape index (κ2) is 9.88. The van der Waals surface area contributed by atoms with Crippen LogP contribution in [0.3, 0.4) is 0 Å². The van der Waals surface area contributed by atoms with Gasteiger partial charge in [0.15, 0.2) is 6.61 Å². The van der Waals surface area contributed by atoms with Crippen molar-refractivity contribution in [1.29, 1.82) is 0 Å². The number of aryl methyl sites for hydroxylation is 2. The van der Waals surface area contributed by atoms with E-state index in [2.05, 4.69) is 80.9 Å². The van der Waals surface area contributed by atoms with Crippen LogP contribution >= 0.6 is 0 Å². The fourth-order valence-electron chi connectivity index (χ4n) is 6.14. The van der Waals surface area contributed by atoms with E-state index >= 15 is 0 Å². The molecule has 0 atom stereocenters. The molecule has 0 saturated heterocycles. The summed E-state index contributed by atoms with van der Waals surface area (Å²) in [4.78, 5) is 15.5. The van der Waals surface area contributed by atoms with Crippen molar-refractivity contribution in [2.45, 2.75) is 59.0 Å². The third-order valence-corrected chi connectivity index (χ3v) is 8.21. The van der Waals surface area contributed by atoms with Gasteiger partial charge in [-0.2, -0.15) is 5.10 Å². The number of amides is 1. The van der Waals surface area contributed by atoms with Crippen LogP contribution in [0.5, 0.6) is 5.75 Å². The fourth-order valence-corrected chi connectivity index (χ4v) is 6.14. The number of aromatic nitrogens is 2. The lowest BCUT2D eigenvalue weighted by atomic mass is 9.95. The Balaban J connectivity index is 1.49. The maximum atomic E-state index is 13.5. The van der Waals surface area contributed by atoms with Gasteiger partial charge in [0, 0.05) is 11.1 Å². The molecule has 1 aliphatic heterocycles. The van der Waals surface area contributed by atoms with Gasteiger partial charge in [0.05, 0.1) is 29.2 Å². The highest BCUT2D eigenvalue weighted by Gasteiger charge is 2.45. The second-order valence-electron chi connectivity index (χ2n) is 10.8. The predicted molar refractivity (Wildman–Crippen MR) is 156 cm³/mol. The third-order valence-electron chi connectivity index (χ3n) is 8.21. The van der Waals surface area contributed by atoms with Crippen molar-refractivity contribution in [3.63, 3.8) is 0 Å². The number of fused-ring (bicyclic) bond motifs is 2. The highest BCUT2D eigenvalue weighted by molar-refractivity contribution is 5.84. The van der Waals surface area contributed by atoms with Gasteiger partial charge in [-0.3, -0.25) is 4.79 Å². The van der Waals surface area contributed by atoms with Crippen molar-refractivity contribution < 1.29 is 9.53 Å². The van der Waals surface area contributed by atoms with Crippen LogP contribution in [0.15, 0.2) is 72.8 Å². The topological polar surface area (TPSA) is 47.4 Å². The maximum absolute atomic E-state index is 13.5. The number of hydrogen-bond acceptors (Lipinski definition) is 3. The lowest BCUT2D eigenvalue weighted by Gasteiger charge is -2.32. The van der Waals surface area contributed by atoms with Crippen molar-refractivity contribution in [3.05, 3.63) is 106 Å². The molecule has 0 bridgehead atoms. The lowest BCUT2D eigenvalue weighted by molar-refractivity contribution is -0.138. The van der Waals surface area contributed by atoms with Crippen LogP contribution in [-0.4, -0.2) is 27.2 Å². The molecule has 3 aromatic carbocycles. The highest BCUT2D eigenvalue weighted by atomic mass is 16.5. The Kier molecular flexibility index (Phi) is 6.38. The van der Waals surface area contributed by atoms with Crippen LogP contribution in [0.4, 0.5) is 0 Å². The molecule has 2 aliphatic rings. The van der Waals surface area contributed by atoms with Crippen LogP contribution in [0.25, 0.3) is 23.0 Å². The van der Waals surface area contributed by atoms with Crippen LogP contribution in [0, 0.1) is 0 Å². The molecule has 39 heavy (non-hydrogen) atoms. The number of carbonyl (C=O) groups excluding carboxylic acids is 1. The minimum Gasteiger partial charge on any atom is -0.484 e. The fraction of sp³-hybridized carbons (Fsp3) is 0.294. The van der Waals surface area contributed by atoms with Gasteiger partial charge in [0.2, 0.25) is 0 Å². The molecule has 5 heteroatoms. The lowest BCUT2D eigenvalue weighted by Crippen LogP contribution is -2.43. The molecular formula is C34H35N3O2. The van der Waals surface area contributed by atoms with Gasteiger partial charge in [-0.05, 0) is 67.5 Å². The average molecular weight is 518 g/mol. The van der Waals surface area contributed by atoms with E-state index in [0.29, 0.717) is 12.3 Å². The normalized spacial score (nSPS) is 14.9. The Hall–Kier alpha value is -4.12. The van der Waals surface area contributed by atoms with Gasteiger partial charge in [-0.1, -0.05) is 80.6 Å². The molecule has 4 aromatic rings. The third kappa shape index (κ3) is 4.17. The molecule has 0 saturated carbocycles. The predicted octanol–water partition coefficient (Wildman–Crippen LogP) is 6.89. The molecule has 5 nitrogen and oxygen atoms in total. The molecule has 0 fully saturated rings. The summed E-state index contributed by atoms with van der Waals surface area (Å²) in [5.74, 6) is 0.655. The number of allylic oxidation sites excluding steroid dienone is 1. The summed E-state index contributed by atoms with van der Waals surface area (Å²) in [5.41, 5.74) is 10.1. The molecule has 0 unspecified atom stereocenters. The van der Waals surface area contributed by atoms with E-state index in [1.165, 1.54) is 33.5 Å². The number of nitrogens with zero attached hydrogens (tertiary/aromatic N) is 3. The summed E-state index contributed by atoms with van der Waals surface area (Å²) < 4.78 is 8.04. The summed E-state index contributed by atoms with van der Waals surface area (Å²) in [6.45, 7) is 9.10. The Labute approximate surface area is 230 Å². The molecule has 0 spiro atoms. The van der Waals surface area contributed by atoms with E-state index in [-0.39, 0.29) is 12.5 Å². The minimum atomic E-state index is -0.576. The van der Waals surface area contributed by atoms with Gasteiger partial charge in [0.1, 0.15) is 5.75 Å². The molecule has 1 amide bonds. The number of hydrogen-bond donors (Lipinski definition) is 0. The Morgan fingerprint density at radius 2 is 1.67 bits per heavy atom. The minimum absolute atomic E-state index is 0.00479. The summed E-state index contributed by atoms with van der Waals surface area (Å²) in [5, 5.41) is 5.34.